The second kappa shape index (κ2) is 29.4. The van der Waals surface area contributed by atoms with E-state index in [1.54, 1.807) is 0 Å². The van der Waals surface area contributed by atoms with Crippen molar-refractivity contribution in [3.63, 3.8) is 0 Å². The molecule has 5 heteroatoms. The van der Waals surface area contributed by atoms with Crippen molar-refractivity contribution >= 4 is 13.5 Å². The van der Waals surface area contributed by atoms with E-state index in [0.717, 1.165) is 0 Å². The summed E-state index contributed by atoms with van der Waals surface area (Å²) in [5, 5.41) is 0. The van der Waals surface area contributed by atoms with E-state index in [9.17, 15) is 0 Å². The van der Waals surface area contributed by atoms with Crippen molar-refractivity contribution < 1.29 is 76.3 Å². The quantitative estimate of drug-likeness (QED) is 0.543. The summed E-state index contributed by atoms with van der Waals surface area (Å²) >= 11 is 0. The summed E-state index contributed by atoms with van der Waals surface area (Å²) in [6, 6.07) is 0. The van der Waals surface area contributed by atoms with E-state index in [1.807, 2.05) is 0 Å². The van der Waals surface area contributed by atoms with Crippen LogP contribution in [0.1, 0.15) is 0 Å². The van der Waals surface area contributed by atoms with E-state index in [4.69, 9.17) is 0 Å². The molecule has 0 N–H and O–H groups in total. The summed E-state index contributed by atoms with van der Waals surface area (Å²) in [7, 11) is 0. The molecular formula is H2Cu2Mo2S. The smallest absolute Gasteiger partial charge is 0 e. The zero-order valence-corrected chi connectivity index (χ0v) is 8.82. The van der Waals surface area contributed by atoms with Crippen LogP contribution in [0.4, 0.5) is 0 Å². The van der Waals surface area contributed by atoms with Gasteiger partial charge < -0.3 is 0 Å². The molecule has 0 aliphatic rings. The predicted octanol–water partition coefficient (Wildman–Crippen LogP) is 0.103. The van der Waals surface area contributed by atoms with Gasteiger partial charge in [-0.3, -0.25) is 0 Å². The molecule has 0 saturated heterocycles. The van der Waals surface area contributed by atoms with Gasteiger partial charge in [0.15, 0.2) is 0 Å². The molecule has 0 unspecified atom stereocenters. The molecule has 0 aromatic carbocycles. The van der Waals surface area contributed by atoms with Gasteiger partial charge in [-0.15, -0.1) is 0 Å². The third-order valence-electron chi connectivity index (χ3n) is 0. The second-order valence-electron chi connectivity index (χ2n) is 0. The van der Waals surface area contributed by atoms with Crippen molar-refractivity contribution in [3.05, 3.63) is 0 Å². The molecule has 0 aliphatic carbocycles. The summed E-state index contributed by atoms with van der Waals surface area (Å²) in [6.07, 6.45) is 0. The first-order valence-electron chi connectivity index (χ1n) is 0. The molecule has 0 fully saturated rings. The van der Waals surface area contributed by atoms with E-state index < -0.39 is 0 Å². The molecule has 0 heterocycles. The van der Waals surface area contributed by atoms with Crippen molar-refractivity contribution in [2.75, 3.05) is 0 Å². The fourth-order valence-corrected chi connectivity index (χ4v) is 0. The average molecular weight is 353 g/mol. The molecule has 5 heavy (non-hydrogen) atoms. The van der Waals surface area contributed by atoms with Crippen molar-refractivity contribution in [3.8, 4) is 0 Å². The van der Waals surface area contributed by atoms with E-state index >= 15 is 0 Å². The Hall–Kier alpha value is 2.77. The van der Waals surface area contributed by atoms with Crippen molar-refractivity contribution in [1.29, 1.82) is 0 Å². The van der Waals surface area contributed by atoms with Gasteiger partial charge in [0.1, 0.15) is 0 Å². The topological polar surface area (TPSA) is 0 Å². The van der Waals surface area contributed by atoms with Gasteiger partial charge in [0, 0.05) is 76.3 Å². The van der Waals surface area contributed by atoms with Gasteiger partial charge in [0.05, 0.1) is 0 Å². The van der Waals surface area contributed by atoms with Crippen LogP contribution in [-0.4, -0.2) is 0 Å². The summed E-state index contributed by atoms with van der Waals surface area (Å²) < 4.78 is 0. The molecule has 2 radical (unpaired) electrons. The first-order chi connectivity index (χ1) is 0. The standard InChI is InChI=1S/2Cu.2Mo.H2S/h;;;;1H2. The molecule has 0 aliphatic heterocycles. The molecule has 0 nitrogen and oxygen atoms in total. The van der Waals surface area contributed by atoms with Crippen molar-refractivity contribution in [1.82, 2.24) is 0 Å². The summed E-state index contributed by atoms with van der Waals surface area (Å²) in [5.74, 6) is 0. The Morgan fingerprint density at radius 1 is 0.600 bits per heavy atom. The van der Waals surface area contributed by atoms with E-state index in [2.05, 4.69) is 0 Å². The number of hydrogen-bond donors (Lipinski definition) is 0. The minimum atomic E-state index is 0. The fraction of sp³-hybridized carbons (Fsp3) is 0. The molecule has 0 spiro atoms. The van der Waals surface area contributed by atoms with Gasteiger partial charge in [-0.1, -0.05) is 0 Å². The molecule has 0 bridgehead atoms. The average Bonchev–Trinajstić information content (AvgIpc) is 0. The van der Waals surface area contributed by atoms with Crippen LogP contribution in [0.25, 0.3) is 0 Å². The zero-order valence-electron chi connectivity index (χ0n) is 1.92. The summed E-state index contributed by atoms with van der Waals surface area (Å²) in [4.78, 5) is 0. The van der Waals surface area contributed by atoms with E-state index in [1.165, 1.54) is 0 Å². The Bertz CT molecular complexity index is 7.61. The van der Waals surface area contributed by atoms with Crippen LogP contribution in [0, 0.1) is 0 Å². The number of hydrogen-bond acceptors (Lipinski definition) is 0. The Morgan fingerprint density at radius 3 is 0.600 bits per heavy atom. The number of rotatable bonds is 0. The van der Waals surface area contributed by atoms with Crippen LogP contribution < -0.4 is 0 Å². The third kappa shape index (κ3) is 20.1. The second-order valence-corrected chi connectivity index (χ2v) is 0. The van der Waals surface area contributed by atoms with Gasteiger partial charge in [0.2, 0.25) is 0 Å². The van der Waals surface area contributed by atoms with Gasteiger partial charge in [-0.2, -0.15) is 13.5 Å². The maximum absolute atomic E-state index is 0. The summed E-state index contributed by atoms with van der Waals surface area (Å²) in [6.45, 7) is 0. The molecular weight excluding hydrogens is 351 g/mol. The SMILES string of the molecule is S.[Cu].[Cu].[Mo].[Mo]. The van der Waals surface area contributed by atoms with Crippen LogP contribution >= 0.6 is 13.5 Å². The first kappa shape index (κ1) is 46.5. The van der Waals surface area contributed by atoms with Crippen LogP contribution in [0.5, 0.6) is 0 Å². The summed E-state index contributed by atoms with van der Waals surface area (Å²) in [5.41, 5.74) is 0. The van der Waals surface area contributed by atoms with Crippen LogP contribution in [-0.2, 0) is 76.3 Å². The molecule has 0 aromatic rings. The van der Waals surface area contributed by atoms with Crippen LogP contribution in [0.2, 0.25) is 0 Å². The molecule has 0 atom stereocenters. The molecule has 42 valence electrons. The maximum Gasteiger partial charge on any atom is 0 e. The van der Waals surface area contributed by atoms with Gasteiger partial charge in [0.25, 0.3) is 0 Å². The zero-order chi connectivity index (χ0) is 0. The predicted molar refractivity (Wildman–Crippen MR) is 10.4 cm³/mol. The van der Waals surface area contributed by atoms with Gasteiger partial charge in [-0.25, -0.2) is 0 Å². The van der Waals surface area contributed by atoms with E-state index in [-0.39, 0.29) is 89.8 Å². The van der Waals surface area contributed by atoms with Gasteiger partial charge in [-0.05, 0) is 0 Å². The normalized spacial score (nSPS) is 0. The Balaban J connectivity index is 0. The fourth-order valence-electron chi connectivity index (χ4n) is 0. The molecule has 0 saturated carbocycles. The molecule has 0 rings (SSSR count). The molecule has 0 aromatic heterocycles. The largest absolute Gasteiger partial charge is 0.197 e. The minimum absolute atomic E-state index is 0. The van der Waals surface area contributed by atoms with Crippen LogP contribution in [0.15, 0.2) is 0 Å². The monoisotopic (exact) mass is 356 g/mol. The van der Waals surface area contributed by atoms with Crippen molar-refractivity contribution in [2.45, 2.75) is 0 Å². The maximum atomic E-state index is 0. The van der Waals surface area contributed by atoms with Crippen molar-refractivity contribution in [2.24, 2.45) is 0 Å². The first-order valence-corrected chi connectivity index (χ1v) is 0. The van der Waals surface area contributed by atoms with Gasteiger partial charge >= 0.3 is 0 Å². The van der Waals surface area contributed by atoms with Crippen LogP contribution in [0.3, 0.4) is 0 Å². The Kier molecular flexibility index (Phi) is 273. The van der Waals surface area contributed by atoms with E-state index in [0.29, 0.717) is 0 Å². The third-order valence-corrected chi connectivity index (χ3v) is 0. The Labute approximate surface area is 88.5 Å². The minimum Gasteiger partial charge on any atom is -0.197 e. The Morgan fingerprint density at radius 2 is 0.600 bits per heavy atom. The molecule has 0 amide bonds.